The van der Waals surface area contributed by atoms with E-state index in [0.717, 1.165) is 3.57 Å². The number of hydrogen-bond donors (Lipinski definition) is 1. The van der Waals surface area contributed by atoms with E-state index < -0.39 is 0 Å². The first-order valence-electron chi connectivity index (χ1n) is 6.80. The number of piperazine rings is 1. The summed E-state index contributed by atoms with van der Waals surface area (Å²) in [5, 5.41) is 3.36. The molecule has 0 aliphatic carbocycles. The number of urea groups is 1. The van der Waals surface area contributed by atoms with Crippen LogP contribution in [0.2, 0.25) is 5.02 Å². The number of hydrogen-bond acceptors (Lipinski definition) is 2. The second-order valence-electron chi connectivity index (χ2n) is 4.74. The van der Waals surface area contributed by atoms with Crippen LogP contribution in [0.3, 0.4) is 0 Å². The van der Waals surface area contributed by atoms with Crippen molar-refractivity contribution in [3.63, 3.8) is 0 Å². The molecule has 1 aromatic carbocycles. The zero-order valence-electron chi connectivity index (χ0n) is 11.7. The van der Waals surface area contributed by atoms with Crippen molar-refractivity contribution in [1.82, 2.24) is 15.1 Å². The Bertz CT molecular complexity index is 545. The number of rotatable bonds is 2. The first kappa shape index (κ1) is 16.4. The Balaban J connectivity index is 1.97. The lowest BCUT2D eigenvalue weighted by atomic mass is 10.2. The summed E-state index contributed by atoms with van der Waals surface area (Å²) in [5.74, 6) is -0.0381. The van der Waals surface area contributed by atoms with E-state index in [4.69, 9.17) is 11.6 Å². The van der Waals surface area contributed by atoms with Gasteiger partial charge in [-0.15, -0.1) is 0 Å². The number of carbonyl (C=O) groups is 2. The molecule has 1 saturated heterocycles. The summed E-state index contributed by atoms with van der Waals surface area (Å²) in [6.07, 6.45) is 0. The molecule has 1 fully saturated rings. The molecule has 1 aromatic rings. The van der Waals surface area contributed by atoms with Gasteiger partial charge in [0.2, 0.25) is 0 Å². The monoisotopic (exact) mass is 421 g/mol. The Labute approximate surface area is 142 Å². The van der Waals surface area contributed by atoms with Gasteiger partial charge in [-0.1, -0.05) is 11.6 Å². The molecule has 5 nitrogen and oxygen atoms in total. The van der Waals surface area contributed by atoms with Crippen molar-refractivity contribution in [2.24, 2.45) is 0 Å². The molecular formula is C14H17ClIN3O2. The first-order chi connectivity index (χ1) is 10.0. The number of benzene rings is 1. The van der Waals surface area contributed by atoms with Gasteiger partial charge in [0.1, 0.15) is 0 Å². The Kier molecular flexibility index (Phi) is 5.69. The van der Waals surface area contributed by atoms with Crippen LogP contribution in [0.1, 0.15) is 17.3 Å². The quantitative estimate of drug-likeness (QED) is 0.746. The summed E-state index contributed by atoms with van der Waals surface area (Å²) in [6.45, 7) is 4.68. The van der Waals surface area contributed by atoms with Crippen LogP contribution < -0.4 is 5.32 Å². The van der Waals surface area contributed by atoms with E-state index in [1.807, 2.05) is 13.0 Å². The van der Waals surface area contributed by atoms with Gasteiger partial charge >= 0.3 is 6.03 Å². The van der Waals surface area contributed by atoms with E-state index in [9.17, 15) is 9.59 Å². The van der Waals surface area contributed by atoms with Gasteiger partial charge in [-0.25, -0.2) is 4.79 Å². The molecule has 114 valence electrons. The zero-order chi connectivity index (χ0) is 15.4. The molecule has 1 heterocycles. The molecule has 0 radical (unpaired) electrons. The fourth-order valence-corrected chi connectivity index (χ4v) is 2.70. The van der Waals surface area contributed by atoms with Crippen molar-refractivity contribution in [2.75, 3.05) is 32.7 Å². The van der Waals surface area contributed by atoms with E-state index >= 15 is 0 Å². The third-order valence-electron chi connectivity index (χ3n) is 3.35. The highest BCUT2D eigenvalue weighted by molar-refractivity contribution is 14.1. The fraction of sp³-hybridized carbons (Fsp3) is 0.429. The molecule has 7 heteroatoms. The third kappa shape index (κ3) is 4.00. The molecule has 21 heavy (non-hydrogen) atoms. The molecule has 0 bridgehead atoms. The smallest absolute Gasteiger partial charge is 0.317 e. The van der Waals surface area contributed by atoms with E-state index in [1.54, 1.807) is 21.9 Å². The highest BCUT2D eigenvalue weighted by atomic mass is 127. The Morgan fingerprint density at radius 1 is 1.24 bits per heavy atom. The van der Waals surface area contributed by atoms with Gasteiger partial charge in [-0.2, -0.15) is 0 Å². The van der Waals surface area contributed by atoms with Crippen molar-refractivity contribution in [2.45, 2.75) is 6.92 Å². The van der Waals surface area contributed by atoms with Crippen LogP contribution in [0.15, 0.2) is 18.2 Å². The molecule has 0 unspecified atom stereocenters. The molecule has 1 N–H and O–H groups in total. The van der Waals surface area contributed by atoms with Gasteiger partial charge in [0, 0.05) is 41.9 Å². The second kappa shape index (κ2) is 7.31. The standard InChI is InChI=1S/C14H17ClIN3O2/c1-2-17-14(21)19-7-5-18(6-8-19)13(20)10-3-4-12(16)11(15)9-10/h3-4,9H,2,5-8H2,1H3,(H,17,21). The molecule has 2 rings (SSSR count). The van der Waals surface area contributed by atoms with E-state index in [-0.39, 0.29) is 11.9 Å². The highest BCUT2D eigenvalue weighted by Crippen LogP contribution is 2.20. The van der Waals surface area contributed by atoms with E-state index in [0.29, 0.717) is 43.3 Å². The second-order valence-corrected chi connectivity index (χ2v) is 6.31. The third-order valence-corrected chi connectivity index (χ3v) is 4.92. The molecule has 1 aliphatic rings. The van der Waals surface area contributed by atoms with Crippen LogP contribution in [0.5, 0.6) is 0 Å². The lowest BCUT2D eigenvalue weighted by Crippen LogP contribution is -2.53. The Hall–Kier alpha value is -1.02. The minimum absolute atomic E-state index is 0.0381. The minimum atomic E-state index is -0.0677. The summed E-state index contributed by atoms with van der Waals surface area (Å²) in [4.78, 5) is 27.6. The topological polar surface area (TPSA) is 52.7 Å². The minimum Gasteiger partial charge on any atom is -0.338 e. The van der Waals surface area contributed by atoms with Gasteiger partial charge < -0.3 is 15.1 Å². The summed E-state index contributed by atoms with van der Waals surface area (Å²) >= 11 is 8.19. The van der Waals surface area contributed by atoms with Crippen LogP contribution >= 0.6 is 34.2 Å². The zero-order valence-corrected chi connectivity index (χ0v) is 14.6. The Morgan fingerprint density at radius 2 is 1.86 bits per heavy atom. The molecule has 3 amide bonds. The number of amides is 3. The van der Waals surface area contributed by atoms with Gasteiger partial charge in [-0.3, -0.25) is 4.79 Å². The van der Waals surface area contributed by atoms with Gasteiger partial charge in [0.15, 0.2) is 0 Å². The molecule has 1 aliphatic heterocycles. The summed E-state index contributed by atoms with van der Waals surface area (Å²) in [5.41, 5.74) is 0.590. The lowest BCUT2D eigenvalue weighted by Gasteiger charge is -2.34. The maximum absolute atomic E-state index is 12.4. The molecule has 0 spiro atoms. The SMILES string of the molecule is CCNC(=O)N1CCN(C(=O)c2ccc(I)c(Cl)c2)CC1. The van der Waals surface area contributed by atoms with E-state index in [2.05, 4.69) is 27.9 Å². The number of nitrogens with one attached hydrogen (secondary N) is 1. The summed E-state index contributed by atoms with van der Waals surface area (Å²) < 4.78 is 0.923. The van der Waals surface area contributed by atoms with Crippen molar-refractivity contribution in [3.8, 4) is 0 Å². The van der Waals surface area contributed by atoms with Crippen LogP contribution in [0.25, 0.3) is 0 Å². The van der Waals surface area contributed by atoms with Crippen molar-refractivity contribution in [1.29, 1.82) is 0 Å². The van der Waals surface area contributed by atoms with Gasteiger partial charge in [-0.05, 0) is 47.7 Å². The predicted octanol–water partition coefficient (Wildman–Crippen LogP) is 2.43. The Morgan fingerprint density at radius 3 is 2.43 bits per heavy atom. The summed E-state index contributed by atoms with van der Waals surface area (Å²) in [6, 6.07) is 5.25. The summed E-state index contributed by atoms with van der Waals surface area (Å²) in [7, 11) is 0. The fourth-order valence-electron chi connectivity index (χ4n) is 2.19. The lowest BCUT2D eigenvalue weighted by molar-refractivity contribution is 0.0665. The molecule has 0 saturated carbocycles. The number of carbonyl (C=O) groups excluding carboxylic acids is 2. The van der Waals surface area contributed by atoms with Crippen molar-refractivity contribution < 1.29 is 9.59 Å². The first-order valence-corrected chi connectivity index (χ1v) is 8.25. The maximum atomic E-state index is 12.4. The van der Waals surface area contributed by atoms with Gasteiger partial charge in [0.05, 0.1) is 5.02 Å². The molecule has 0 aromatic heterocycles. The largest absolute Gasteiger partial charge is 0.338 e. The maximum Gasteiger partial charge on any atom is 0.317 e. The van der Waals surface area contributed by atoms with Crippen LogP contribution in [-0.2, 0) is 0 Å². The number of halogens is 2. The van der Waals surface area contributed by atoms with Crippen LogP contribution in [0, 0.1) is 3.57 Å². The average Bonchev–Trinajstić information content (AvgIpc) is 2.50. The predicted molar refractivity (Wildman–Crippen MR) is 90.7 cm³/mol. The highest BCUT2D eigenvalue weighted by Gasteiger charge is 2.24. The normalized spacial score (nSPS) is 15.0. The van der Waals surface area contributed by atoms with Crippen molar-refractivity contribution in [3.05, 3.63) is 32.4 Å². The van der Waals surface area contributed by atoms with Crippen LogP contribution in [0.4, 0.5) is 4.79 Å². The van der Waals surface area contributed by atoms with Gasteiger partial charge in [0.25, 0.3) is 5.91 Å². The van der Waals surface area contributed by atoms with Crippen molar-refractivity contribution >= 4 is 46.1 Å². The van der Waals surface area contributed by atoms with E-state index in [1.165, 1.54) is 0 Å². The number of nitrogens with zero attached hydrogens (tertiary/aromatic N) is 2. The molecular weight excluding hydrogens is 405 g/mol. The average molecular weight is 422 g/mol. The van der Waals surface area contributed by atoms with Crippen LogP contribution in [-0.4, -0.2) is 54.5 Å². The molecule has 0 atom stereocenters.